The van der Waals surface area contributed by atoms with Gasteiger partial charge in [0.05, 0.1) is 25.4 Å². The molecule has 1 aliphatic rings. The monoisotopic (exact) mass is 887 g/mol. The lowest BCUT2D eigenvalue weighted by Gasteiger charge is -2.40. The molecule has 0 saturated carbocycles. The van der Waals surface area contributed by atoms with Crippen LogP contribution >= 0.6 is 0 Å². The van der Waals surface area contributed by atoms with E-state index in [-0.39, 0.29) is 24.8 Å². The third kappa shape index (κ3) is 29.2. The van der Waals surface area contributed by atoms with E-state index in [0.717, 1.165) is 96.4 Å². The molecule has 62 heavy (non-hydrogen) atoms. The highest BCUT2D eigenvalue weighted by atomic mass is 16.7. The van der Waals surface area contributed by atoms with Gasteiger partial charge in [0.15, 0.2) is 6.29 Å². The Bertz CT molecular complexity index is 1040. The first kappa shape index (κ1) is 58.6. The van der Waals surface area contributed by atoms with Gasteiger partial charge in [-0.3, -0.25) is 9.59 Å². The van der Waals surface area contributed by atoms with Gasteiger partial charge in [0.25, 0.3) is 0 Å². The summed E-state index contributed by atoms with van der Waals surface area (Å²) >= 11 is 0. The van der Waals surface area contributed by atoms with Crippen molar-refractivity contribution in [3.8, 4) is 0 Å². The fourth-order valence-corrected chi connectivity index (χ4v) is 8.49. The molecule has 1 rings (SSSR count). The molecule has 12 heteroatoms. The SMILES string of the molecule is CCCCCCCCCCCCCC[C@@H](O)[C@@H](O)[C@H](CO[C@H]1O[C@H](CO)[C@H](O)[C@H](O)[C@H]1O)NC(=O)CCCCCCCCCCCN(C)C(=O)CCCCCCCCCCCC. The van der Waals surface area contributed by atoms with E-state index in [9.17, 15) is 40.2 Å². The largest absolute Gasteiger partial charge is 0.394 e. The number of amides is 2. The quantitative estimate of drug-likeness (QED) is 0.0292. The summed E-state index contributed by atoms with van der Waals surface area (Å²) in [5, 5.41) is 65.3. The minimum atomic E-state index is -1.62. The van der Waals surface area contributed by atoms with Crippen LogP contribution in [-0.2, 0) is 19.1 Å². The molecule has 0 spiro atoms. The smallest absolute Gasteiger partial charge is 0.222 e. The first-order valence-corrected chi connectivity index (χ1v) is 25.9. The van der Waals surface area contributed by atoms with Gasteiger partial charge in [-0.05, 0) is 25.7 Å². The zero-order valence-corrected chi connectivity index (χ0v) is 40.0. The van der Waals surface area contributed by atoms with Crippen molar-refractivity contribution in [2.75, 3.05) is 26.8 Å². The van der Waals surface area contributed by atoms with E-state index in [2.05, 4.69) is 19.2 Å². The topological polar surface area (TPSA) is 189 Å². The summed E-state index contributed by atoms with van der Waals surface area (Å²) in [6.45, 7) is 4.39. The minimum absolute atomic E-state index is 0.254. The van der Waals surface area contributed by atoms with Gasteiger partial charge >= 0.3 is 0 Å². The number of hydrogen-bond acceptors (Lipinski definition) is 10. The maximum atomic E-state index is 13.1. The molecule has 0 radical (unpaired) electrons. The molecule has 0 aromatic carbocycles. The molecule has 8 atom stereocenters. The van der Waals surface area contributed by atoms with Gasteiger partial charge in [-0.2, -0.15) is 0 Å². The lowest BCUT2D eigenvalue weighted by atomic mass is 9.98. The maximum absolute atomic E-state index is 13.1. The van der Waals surface area contributed by atoms with E-state index < -0.39 is 55.6 Å². The van der Waals surface area contributed by atoms with Crippen LogP contribution < -0.4 is 5.32 Å². The summed E-state index contributed by atoms with van der Waals surface area (Å²) < 4.78 is 11.2. The number of rotatable bonds is 43. The van der Waals surface area contributed by atoms with Crippen LogP contribution in [0.5, 0.6) is 0 Å². The molecular weight excluding hydrogens is 789 g/mol. The van der Waals surface area contributed by atoms with Gasteiger partial charge in [-0.1, -0.05) is 194 Å². The fraction of sp³-hybridized carbons (Fsp3) is 0.960. The predicted molar refractivity (Wildman–Crippen MR) is 250 cm³/mol. The number of nitrogens with zero attached hydrogens (tertiary/aromatic N) is 1. The van der Waals surface area contributed by atoms with Gasteiger partial charge in [0.2, 0.25) is 11.8 Å². The standard InChI is InChI=1S/C50H98N2O10/c1-4-6-8-10-12-14-16-17-19-23-27-31-35-42(54)46(57)41(40-61-50-49(60)48(59)47(58)43(39-53)62-50)51-44(55)36-32-28-24-20-18-22-26-30-34-38-52(3)45(56)37-33-29-25-21-15-13-11-9-7-5-2/h41-43,46-50,53-54,57-60H,4-40H2,1-3H3,(H,51,55)/t41-,42+,43+,46-,47-,48-,49+,50-/m0/s1. The number of carbonyl (C=O) groups excluding carboxylic acids is 2. The highest BCUT2D eigenvalue weighted by Crippen LogP contribution is 2.23. The summed E-state index contributed by atoms with van der Waals surface area (Å²) in [5.41, 5.74) is 0. The predicted octanol–water partition coefficient (Wildman–Crippen LogP) is 8.77. The van der Waals surface area contributed by atoms with E-state index in [1.165, 1.54) is 103 Å². The number of carbonyl (C=O) groups is 2. The summed E-state index contributed by atoms with van der Waals surface area (Å²) in [6, 6.07) is -1.01. The van der Waals surface area contributed by atoms with Gasteiger partial charge in [-0.25, -0.2) is 0 Å². The number of aliphatic hydroxyl groups excluding tert-OH is 6. The summed E-state index contributed by atoms with van der Waals surface area (Å²) in [7, 11) is 1.93. The van der Waals surface area contributed by atoms with Crippen LogP contribution in [0.3, 0.4) is 0 Å². The molecule has 0 aromatic rings. The zero-order chi connectivity index (χ0) is 45.6. The van der Waals surface area contributed by atoms with Gasteiger partial charge in [-0.15, -0.1) is 0 Å². The summed E-state index contributed by atoms with van der Waals surface area (Å²) in [5.74, 6) is -0.00932. The van der Waals surface area contributed by atoms with E-state index in [4.69, 9.17) is 9.47 Å². The Balaban J connectivity index is 2.32. The molecule has 0 aromatic heterocycles. The number of unbranched alkanes of at least 4 members (excludes halogenated alkanes) is 28. The summed E-state index contributed by atoms with van der Waals surface area (Å²) in [4.78, 5) is 27.5. The van der Waals surface area contributed by atoms with Crippen LogP contribution in [0.15, 0.2) is 0 Å². The average molecular weight is 887 g/mol. The molecule has 1 saturated heterocycles. The molecule has 2 amide bonds. The van der Waals surface area contributed by atoms with Gasteiger partial charge in [0.1, 0.15) is 30.5 Å². The van der Waals surface area contributed by atoms with Gasteiger partial charge in [0, 0.05) is 26.4 Å². The van der Waals surface area contributed by atoms with Crippen molar-refractivity contribution in [2.45, 2.75) is 281 Å². The van der Waals surface area contributed by atoms with Crippen molar-refractivity contribution < 1.29 is 49.7 Å². The van der Waals surface area contributed by atoms with E-state index in [1.54, 1.807) is 0 Å². The Labute approximate surface area is 378 Å². The van der Waals surface area contributed by atoms with Crippen molar-refractivity contribution in [3.63, 3.8) is 0 Å². The van der Waals surface area contributed by atoms with Crippen molar-refractivity contribution in [1.29, 1.82) is 0 Å². The molecule has 1 heterocycles. The molecule has 1 fully saturated rings. The van der Waals surface area contributed by atoms with E-state index >= 15 is 0 Å². The highest BCUT2D eigenvalue weighted by Gasteiger charge is 2.44. The average Bonchev–Trinajstić information content (AvgIpc) is 3.27. The lowest BCUT2D eigenvalue weighted by molar-refractivity contribution is -0.303. The normalized spacial score (nSPS) is 20.6. The third-order valence-electron chi connectivity index (χ3n) is 12.9. The van der Waals surface area contributed by atoms with Crippen LogP contribution in [-0.4, -0.2) is 123 Å². The molecule has 1 aliphatic heterocycles. The molecule has 0 aliphatic carbocycles. The van der Waals surface area contributed by atoms with Crippen molar-refractivity contribution in [3.05, 3.63) is 0 Å². The molecule has 0 unspecified atom stereocenters. The zero-order valence-electron chi connectivity index (χ0n) is 40.0. The Morgan fingerprint density at radius 3 is 1.47 bits per heavy atom. The molecule has 368 valence electrons. The summed E-state index contributed by atoms with van der Waals surface area (Å²) in [6.07, 6.45) is 27.8. The lowest BCUT2D eigenvalue weighted by Crippen LogP contribution is -2.60. The van der Waals surface area contributed by atoms with E-state index in [1.807, 2.05) is 11.9 Å². The van der Waals surface area contributed by atoms with Crippen LogP contribution in [0.1, 0.15) is 232 Å². The second-order valence-electron chi connectivity index (χ2n) is 18.6. The van der Waals surface area contributed by atoms with Crippen LogP contribution in [0.4, 0.5) is 0 Å². The molecule has 0 bridgehead atoms. The fourth-order valence-electron chi connectivity index (χ4n) is 8.49. The van der Waals surface area contributed by atoms with E-state index in [0.29, 0.717) is 19.3 Å². The number of ether oxygens (including phenoxy) is 2. The van der Waals surface area contributed by atoms with Crippen LogP contribution in [0.2, 0.25) is 0 Å². The van der Waals surface area contributed by atoms with Crippen molar-refractivity contribution in [2.24, 2.45) is 0 Å². The number of hydrogen-bond donors (Lipinski definition) is 7. The van der Waals surface area contributed by atoms with Crippen LogP contribution in [0, 0.1) is 0 Å². The second-order valence-corrected chi connectivity index (χ2v) is 18.6. The van der Waals surface area contributed by atoms with Gasteiger partial charge < -0.3 is 50.3 Å². The first-order chi connectivity index (χ1) is 30.1. The maximum Gasteiger partial charge on any atom is 0.222 e. The molecule has 12 nitrogen and oxygen atoms in total. The second kappa shape index (κ2) is 39.9. The highest BCUT2D eigenvalue weighted by molar-refractivity contribution is 5.76. The third-order valence-corrected chi connectivity index (χ3v) is 12.9. The number of aliphatic hydroxyl groups is 6. The Morgan fingerprint density at radius 1 is 0.581 bits per heavy atom. The van der Waals surface area contributed by atoms with Crippen LogP contribution in [0.25, 0.3) is 0 Å². The Kier molecular flexibility index (Phi) is 37.8. The minimum Gasteiger partial charge on any atom is -0.394 e. The molecule has 7 N–H and O–H groups in total. The molecular formula is C50H98N2O10. The van der Waals surface area contributed by atoms with Crippen molar-refractivity contribution in [1.82, 2.24) is 10.2 Å². The Morgan fingerprint density at radius 2 is 1.00 bits per heavy atom. The Hall–Kier alpha value is -1.38. The number of nitrogens with one attached hydrogen (secondary N) is 1. The van der Waals surface area contributed by atoms with Crippen molar-refractivity contribution >= 4 is 11.8 Å². The first-order valence-electron chi connectivity index (χ1n) is 25.9.